The van der Waals surface area contributed by atoms with Crippen LogP contribution in [0.3, 0.4) is 0 Å². The first-order valence-corrected chi connectivity index (χ1v) is 8.87. The maximum Gasteiger partial charge on any atom is 0.253 e. The molecule has 2 aliphatic rings. The second-order valence-electron chi connectivity index (χ2n) is 6.56. The Balaban J connectivity index is 1.64. The van der Waals surface area contributed by atoms with Crippen LogP contribution in [0, 0.1) is 5.92 Å². The number of benzene rings is 1. The molecular formula is C18H23ClN2O3. The maximum absolute atomic E-state index is 12.8. The summed E-state index contributed by atoms with van der Waals surface area (Å²) in [5.41, 5.74) is 0.618. The standard InChI is InChI=1S/C18H23ClN2O3/c1-13-11-21(9-10-24-13)18(23)15-3-2-8-20(12-15)17(22)14-4-6-16(19)7-5-14/h4-7,13,15H,2-3,8-12H2,1H3. The molecule has 0 aromatic heterocycles. The second-order valence-corrected chi connectivity index (χ2v) is 7.00. The van der Waals surface area contributed by atoms with Crippen LogP contribution in [-0.2, 0) is 9.53 Å². The van der Waals surface area contributed by atoms with Crippen LogP contribution >= 0.6 is 11.6 Å². The Bertz CT molecular complexity index is 605. The van der Waals surface area contributed by atoms with Crippen molar-refractivity contribution < 1.29 is 14.3 Å². The molecule has 0 N–H and O–H groups in total. The molecule has 0 aliphatic carbocycles. The van der Waals surface area contributed by atoms with E-state index in [0.29, 0.717) is 43.4 Å². The topological polar surface area (TPSA) is 49.9 Å². The van der Waals surface area contributed by atoms with E-state index in [2.05, 4.69) is 0 Å². The van der Waals surface area contributed by atoms with Crippen molar-refractivity contribution in [3.8, 4) is 0 Å². The van der Waals surface area contributed by atoms with Crippen LogP contribution in [-0.4, -0.2) is 60.5 Å². The number of carbonyl (C=O) groups is 2. The molecule has 2 unspecified atom stereocenters. The third-order valence-electron chi connectivity index (χ3n) is 4.70. The van der Waals surface area contributed by atoms with Crippen molar-refractivity contribution in [3.05, 3.63) is 34.9 Å². The van der Waals surface area contributed by atoms with Gasteiger partial charge in [-0.3, -0.25) is 9.59 Å². The zero-order chi connectivity index (χ0) is 17.1. The molecule has 0 saturated carbocycles. The van der Waals surface area contributed by atoms with Gasteiger partial charge in [0.25, 0.3) is 5.91 Å². The van der Waals surface area contributed by atoms with Gasteiger partial charge in [-0.25, -0.2) is 0 Å². The smallest absolute Gasteiger partial charge is 0.253 e. The molecule has 1 aromatic carbocycles. The van der Waals surface area contributed by atoms with Crippen LogP contribution in [0.1, 0.15) is 30.1 Å². The number of likely N-dealkylation sites (tertiary alicyclic amines) is 1. The molecule has 24 heavy (non-hydrogen) atoms. The average Bonchev–Trinajstić information content (AvgIpc) is 2.61. The van der Waals surface area contributed by atoms with Gasteiger partial charge in [0.1, 0.15) is 0 Å². The van der Waals surface area contributed by atoms with Crippen LogP contribution in [0.15, 0.2) is 24.3 Å². The molecule has 130 valence electrons. The third kappa shape index (κ3) is 3.90. The summed E-state index contributed by atoms with van der Waals surface area (Å²) in [6, 6.07) is 6.91. The molecular weight excluding hydrogens is 328 g/mol. The highest BCUT2D eigenvalue weighted by Crippen LogP contribution is 2.22. The van der Waals surface area contributed by atoms with E-state index >= 15 is 0 Å². The SMILES string of the molecule is CC1CN(C(=O)C2CCCN(C(=O)c3ccc(Cl)cc3)C2)CCO1. The summed E-state index contributed by atoms with van der Waals surface area (Å²) in [6.45, 7) is 5.05. The van der Waals surface area contributed by atoms with Gasteiger partial charge in [-0.05, 0) is 44.0 Å². The fraction of sp³-hybridized carbons (Fsp3) is 0.556. The van der Waals surface area contributed by atoms with Crippen LogP contribution in [0.2, 0.25) is 5.02 Å². The molecule has 3 rings (SSSR count). The van der Waals surface area contributed by atoms with E-state index in [4.69, 9.17) is 16.3 Å². The first kappa shape index (κ1) is 17.2. The molecule has 2 aliphatic heterocycles. The zero-order valence-corrected chi connectivity index (χ0v) is 14.7. The van der Waals surface area contributed by atoms with Crippen molar-refractivity contribution in [1.82, 2.24) is 9.80 Å². The molecule has 0 spiro atoms. The molecule has 0 radical (unpaired) electrons. The largest absolute Gasteiger partial charge is 0.375 e. The highest BCUT2D eigenvalue weighted by atomic mass is 35.5. The van der Waals surface area contributed by atoms with E-state index in [1.165, 1.54) is 0 Å². The van der Waals surface area contributed by atoms with E-state index in [-0.39, 0.29) is 23.8 Å². The summed E-state index contributed by atoms with van der Waals surface area (Å²) in [6.07, 6.45) is 1.78. The molecule has 1 aromatic rings. The number of amides is 2. The van der Waals surface area contributed by atoms with Gasteiger partial charge in [-0.15, -0.1) is 0 Å². The van der Waals surface area contributed by atoms with Crippen LogP contribution in [0.5, 0.6) is 0 Å². The van der Waals surface area contributed by atoms with Crippen LogP contribution in [0.25, 0.3) is 0 Å². The molecule has 5 nitrogen and oxygen atoms in total. The second kappa shape index (κ2) is 7.53. The Kier molecular flexibility index (Phi) is 5.41. The zero-order valence-electron chi connectivity index (χ0n) is 13.9. The third-order valence-corrected chi connectivity index (χ3v) is 4.95. The minimum absolute atomic E-state index is 0.0282. The highest BCUT2D eigenvalue weighted by Gasteiger charge is 2.33. The van der Waals surface area contributed by atoms with E-state index in [1.807, 2.05) is 11.8 Å². The molecule has 2 amide bonds. The Morgan fingerprint density at radius 2 is 1.88 bits per heavy atom. The van der Waals surface area contributed by atoms with E-state index in [1.54, 1.807) is 29.2 Å². The van der Waals surface area contributed by atoms with Crippen molar-refractivity contribution in [2.24, 2.45) is 5.92 Å². The van der Waals surface area contributed by atoms with Gasteiger partial charge in [0.05, 0.1) is 18.6 Å². The number of carbonyl (C=O) groups excluding carboxylic acids is 2. The molecule has 2 atom stereocenters. The minimum atomic E-state index is -0.111. The summed E-state index contributed by atoms with van der Waals surface area (Å²) < 4.78 is 5.50. The Hall–Kier alpha value is -1.59. The van der Waals surface area contributed by atoms with Crippen molar-refractivity contribution >= 4 is 23.4 Å². The first-order chi connectivity index (χ1) is 11.5. The van der Waals surface area contributed by atoms with Crippen LogP contribution < -0.4 is 0 Å². The molecule has 0 bridgehead atoms. The van der Waals surface area contributed by atoms with Gasteiger partial charge in [0.15, 0.2) is 0 Å². The van der Waals surface area contributed by atoms with E-state index in [9.17, 15) is 9.59 Å². The predicted molar refractivity (Wildman–Crippen MR) is 92.1 cm³/mol. The predicted octanol–water partition coefficient (Wildman–Crippen LogP) is 2.44. The van der Waals surface area contributed by atoms with Crippen molar-refractivity contribution in [1.29, 1.82) is 0 Å². The number of rotatable bonds is 2. The quantitative estimate of drug-likeness (QED) is 0.823. The summed E-state index contributed by atoms with van der Waals surface area (Å²) in [5, 5.41) is 0.611. The molecule has 2 saturated heterocycles. The lowest BCUT2D eigenvalue weighted by Gasteiger charge is -2.37. The van der Waals surface area contributed by atoms with E-state index in [0.717, 1.165) is 12.8 Å². The lowest BCUT2D eigenvalue weighted by Crippen LogP contribution is -2.51. The molecule has 6 heteroatoms. The van der Waals surface area contributed by atoms with Crippen LogP contribution in [0.4, 0.5) is 0 Å². The Morgan fingerprint density at radius 3 is 2.58 bits per heavy atom. The van der Waals surface area contributed by atoms with Gasteiger partial charge < -0.3 is 14.5 Å². The monoisotopic (exact) mass is 350 g/mol. The van der Waals surface area contributed by atoms with Gasteiger partial charge in [-0.1, -0.05) is 11.6 Å². The lowest BCUT2D eigenvalue weighted by molar-refractivity contribution is -0.143. The van der Waals surface area contributed by atoms with Gasteiger partial charge in [-0.2, -0.15) is 0 Å². The number of morpholine rings is 1. The number of ether oxygens (including phenoxy) is 1. The average molecular weight is 351 g/mol. The van der Waals surface area contributed by atoms with Gasteiger partial charge in [0.2, 0.25) is 5.91 Å². The normalized spacial score (nSPS) is 24.8. The first-order valence-electron chi connectivity index (χ1n) is 8.50. The van der Waals surface area contributed by atoms with Crippen molar-refractivity contribution in [3.63, 3.8) is 0 Å². The number of piperidine rings is 1. The summed E-state index contributed by atoms with van der Waals surface area (Å²) in [7, 11) is 0. The number of hydrogen-bond donors (Lipinski definition) is 0. The fourth-order valence-corrected chi connectivity index (χ4v) is 3.54. The van der Waals surface area contributed by atoms with Crippen molar-refractivity contribution in [2.75, 3.05) is 32.8 Å². The summed E-state index contributed by atoms with van der Waals surface area (Å²) in [5.74, 6) is 0.0126. The fourth-order valence-electron chi connectivity index (χ4n) is 3.42. The minimum Gasteiger partial charge on any atom is -0.375 e. The Morgan fingerprint density at radius 1 is 1.12 bits per heavy atom. The number of nitrogens with zero attached hydrogens (tertiary/aromatic N) is 2. The van der Waals surface area contributed by atoms with E-state index < -0.39 is 0 Å². The van der Waals surface area contributed by atoms with Crippen molar-refractivity contribution in [2.45, 2.75) is 25.9 Å². The number of halogens is 1. The number of hydrogen-bond acceptors (Lipinski definition) is 3. The maximum atomic E-state index is 12.8. The molecule has 2 fully saturated rings. The molecule has 2 heterocycles. The van der Waals surface area contributed by atoms with Gasteiger partial charge in [0, 0.05) is 36.8 Å². The highest BCUT2D eigenvalue weighted by molar-refractivity contribution is 6.30. The summed E-state index contributed by atoms with van der Waals surface area (Å²) in [4.78, 5) is 29.1. The summed E-state index contributed by atoms with van der Waals surface area (Å²) >= 11 is 5.88. The lowest BCUT2D eigenvalue weighted by atomic mass is 9.95. The van der Waals surface area contributed by atoms with Gasteiger partial charge >= 0.3 is 0 Å². The Labute approximate surface area is 147 Å².